The molecule has 0 aliphatic carbocycles. The molecule has 21 heavy (non-hydrogen) atoms. The second-order valence-electron chi connectivity index (χ2n) is 4.93. The van der Waals surface area contributed by atoms with Gasteiger partial charge in [-0.1, -0.05) is 0 Å². The van der Waals surface area contributed by atoms with Crippen LogP contribution < -0.4 is 4.90 Å². The van der Waals surface area contributed by atoms with Crippen molar-refractivity contribution in [3.8, 4) is 0 Å². The summed E-state index contributed by atoms with van der Waals surface area (Å²) < 4.78 is 10.3. The minimum atomic E-state index is -0.429. The van der Waals surface area contributed by atoms with Gasteiger partial charge >= 0.3 is 5.97 Å². The van der Waals surface area contributed by atoms with E-state index < -0.39 is 5.97 Å². The highest BCUT2D eigenvalue weighted by atomic mass is 16.5. The molecular formula is C15H16N2O4. The van der Waals surface area contributed by atoms with Crippen LogP contribution >= 0.6 is 0 Å². The number of carbonyl (C=O) groups excluding carboxylic acids is 2. The van der Waals surface area contributed by atoms with Crippen molar-refractivity contribution in [3.05, 3.63) is 40.9 Å². The van der Waals surface area contributed by atoms with E-state index in [4.69, 9.17) is 9.15 Å². The lowest BCUT2D eigenvalue weighted by Crippen LogP contribution is -2.34. The van der Waals surface area contributed by atoms with Crippen LogP contribution in [-0.4, -0.2) is 29.9 Å². The van der Waals surface area contributed by atoms with Gasteiger partial charge in [-0.3, -0.25) is 4.79 Å². The first-order chi connectivity index (χ1) is 10.1. The zero-order valence-electron chi connectivity index (χ0n) is 11.9. The summed E-state index contributed by atoms with van der Waals surface area (Å²) in [4.78, 5) is 29.1. The van der Waals surface area contributed by atoms with Crippen molar-refractivity contribution in [1.82, 2.24) is 4.98 Å². The van der Waals surface area contributed by atoms with Crippen molar-refractivity contribution < 1.29 is 18.7 Å². The number of ketones is 1. The lowest BCUT2D eigenvalue weighted by Gasteiger charge is -2.25. The summed E-state index contributed by atoms with van der Waals surface area (Å²) in [6, 6.07) is 3.58. The number of ether oxygens (including phenoxy) is 1. The normalized spacial score (nSPS) is 14.2. The van der Waals surface area contributed by atoms with Gasteiger partial charge in [-0.25, -0.2) is 4.79 Å². The van der Waals surface area contributed by atoms with Gasteiger partial charge in [-0.2, -0.15) is 0 Å². The molecule has 0 fully saturated rings. The summed E-state index contributed by atoms with van der Waals surface area (Å²) in [5.41, 5.74) is 2.34. The maximum Gasteiger partial charge on any atom is 0.355 e. The number of H-pyrrole nitrogens is 1. The fraction of sp³-hybridized carbons (Fsp3) is 0.333. The van der Waals surface area contributed by atoms with E-state index in [1.165, 1.54) is 0 Å². The number of Topliss-reactive ketones (excluding diaryl/α,β-unsaturated/α-hetero) is 1. The van der Waals surface area contributed by atoms with Crippen molar-refractivity contribution in [1.29, 1.82) is 0 Å². The number of anilines is 1. The molecule has 0 atom stereocenters. The van der Waals surface area contributed by atoms with Gasteiger partial charge in [0.25, 0.3) is 0 Å². The molecule has 0 saturated carbocycles. The summed E-state index contributed by atoms with van der Waals surface area (Å²) in [6.07, 6.45) is 1.57. The molecule has 3 heterocycles. The average molecular weight is 288 g/mol. The van der Waals surface area contributed by atoms with Crippen LogP contribution in [0, 0.1) is 6.92 Å². The van der Waals surface area contributed by atoms with Gasteiger partial charge in [-0.15, -0.1) is 0 Å². The van der Waals surface area contributed by atoms with Crippen LogP contribution in [0.15, 0.2) is 22.8 Å². The monoisotopic (exact) mass is 288 g/mol. The SMILES string of the molecule is CCOC(=O)c1[nH]c2c(c1C)C(=O)CN(c1ccco1)C2. The quantitative estimate of drug-likeness (QED) is 0.877. The minimum absolute atomic E-state index is 0.0306. The zero-order valence-corrected chi connectivity index (χ0v) is 11.9. The Labute approximate surface area is 121 Å². The second-order valence-corrected chi connectivity index (χ2v) is 4.93. The third kappa shape index (κ3) is 2.22. The van der Waals surface area contributed by atoms with Crippen molar-refractivity contribution >= 4 is 17.6 Å². The largest absolute Gasteiger partial charge is 0.461 e. The summed E-state index contributed by atoms with van der Waals surface area (Å²) >= 11 is 0. The first-order valence-electron chi connectivity index (χ1n) is 6.82. The molecule has 6 nitrogen and oxygen atoms in total. The maximum atomic E-state index is 12.4. The van der Waals surface area contributed by atoms with Crippen LogP contribution in [-0.2, 0) is 11.3 Å². The van der Waals surface area contributed by atoms with E-state index in [2.05, 4.69) is 4.98 Å². The van der Waals surface area contributed by atoms with Crippen LogP contribution in [0.5, 0.6) is 0 Å². The second kappa shape index (κ2) is 5.12. The predicted molar refractivity (Wildman–Crippen MR) is 75.6 cm³/mol. The molecule has 3 rings (SSSR count). The number of carbonyl (C=O) groups is 2. The molecule has 0 saturated heterocycles. The van der Waals surface area contributed by atoms with Crippen molar-refractivity contribution in [2.45, 2.75) is 20.4 Å². The summed E-state index contributed by atoms with van der Waals surface area (Å²) in [7, 11) is 0. The van der Waals surface area contributed by atoms with E-state index >= 15 is 0 Å². The molecule has 0 aromatic carbocycles. The highest BCUT2D eigenvalue weighted by molar-refractivity contribution is 6.05. The molecule has 6 heteroatoms. The van der Waals surface area contributed by atoms with Crippen LogP contribution in [0.4, 0.5) is 5.88 Å². The number of nitrogens with zero attached hydrogens (tertiary/aromatic N) is 1. The lowest BCUT2D eigenvalue weighted by molar-refractivity contribution is 0.0519. The number of rotatable bonds is 3. The number of aromatic nitrogens is 1. The van der Waals surface area contributed by atoms with Gasteiger partial charge in [0.2, 0.25) is 0 Å². The number of fused-ring (bicyclic) bond motifs is 1. The number of hydrogen-bond acceptors (Lipinski definition) is 5. The first-order valence-corrected chi connectivity index (χ1v) is 6.82. The molecule has 0 bridgehead atoms. The van der Waals surface area contributed by atoms with Gasteiger partial charge in [-0.05, 0) is 25.5 Å². The molecule has 0 radical (unpaired) electrons. The van der Waals surface area contributed by atoms with E-state index in [0.717, 1.165) is 5.69 Å². The summed E-state index contributed by atoms with van der Waals surface area (Å²) in [6.45, 7) is 4.55. The molecule has 2 aromatic rings. The van der Waals surface area contributed by atoms with E-state index in [1.807, 2.05) is 4.90 Å². The fourth-order valence-electron chi connectivity index (χ4n) is 2.67. The number of furan rings is 1. The Hall–Kier alpha value is -2.50. The van der Waals surface area contributed by atoms with Crippen molar-refractivity contribution in [2.75, 3.05) is 18.1 Å². The minimum Gasteiger partial charge on any atom is -0.461 e. The summed E-state index contributed by atoms with van der Waals surface area (Å²) in [5.74, 6) is 0.178. The number of esters is 1. The molecule has 0 unspecified atom stereocenters. The Balaban J connectivity index is 1.96. The van der Waals surface area contributed by atoms with E-state index in [-0.39, 0.29) is 12.3 Å². The van der Waals surface area contributed by atoms with Gasteiger partial charge in [0, 0.05) is 17.3 Å². The Morgan fingerprint density at radius 3 is 2.95 bits per heavy atom. The molecule has 1 aliphatic heterocycles. The van der Waals surface area contributed by atoms with Gasteiger partial charge in [0.15, 0.2) is 11.7 Å². The Morgan fingerprint density at radius 2 is 2.29 bits per heavy atom. The van der Waals surface area contributed by atoms with Gasteiger partial charge < -0.3 is 19.0 Å². The lowest BCUT2D eigenvalue weighted by atomic mass is 10.0. The van der Waals surface area contributed by atoms with Crippen molar-refractivity contribution in [3.63, 3.8) is 0 Å². The van der Waals surface area contributed by atoms with E-state index in [1.54, 1.807) is 32.2 Å². The molecule has 0 spiro atoms. The molecule has 110 valence electrons. The predicted octanol–water partition coefficient (Wildman–Crippen LogP) is 2.30. The Kier molecular flexibility index (Phi) is 3.29. The zero-order chi connectivity index (χ0) is 15.0. The summed E-state index contributed by atoms with van der Waals surface area (Å²) in [5, 5.41) is 0. The third-order valence-corrected chi connectivity index (χ3v) is 3.59. The Morgan fingerprint density at radius 1 is 1.48 bits per heavy atom. The van der Waals surface area contributed by atoms with Gasteiger partial charge in [0.1, 0.15) is 5.69 Å². The van der Waals surface area contributed by atoms with E-state index in [9.17, 15) is 9.59 Å². The molecule has 1 N–H and O–H groups in total. The number of nitrogens with one attached hydrogen (secondary N) is 1. The first kappa shape index (κ1) is 13.5. The highest BCUT2D eigenvalue weighted by Crippen LogP contribution is 2.28. The topological polar surface area (TPSA) is 75.5 Å². The number of hydrogen-bond donors (Lipinski definition) is 1. The van der Waals surface area contributed by atoms with Crippen LogP contribution in [0.2, 0.25) is 0 Å². The molecular weight excluding hydrogens is 272 g/mol. The molecule has 1 aliphatic rings. The number of aromatic amines is 1. The van der Waals surface area contributed by atoms with Crippen LogP contribution in [0.3, 0.4) is 0 Å². The fourth-order valence-corrected chi connectivity index (χ4v) is 2.67. The van der Waals surface area contributed by atoms with Gasteiger partial charge in [0.05, 0.1) is 26.0 Å². The van der Waals surface area contributed by atoms with Crippen molar-refractivity contribution in [2.24, 2.45) is 0 Å². The van der Waals surface area contributed by atoms with Crippen LogP contribution in [0.1, 0.15) is 39.0 Å². The average Bonchev–Trinajstić information content (AvgIpc) is 3.07. The van der Waals surface area contributed by atoms with E-state index in [0.29, 0.717) is 35.9 Å². The highest BCUT2D eigenvalue weighted by Gasteiger charge is 2.31. The Bertz CT molecular complexity index is 685. The van der Waals surface area contributed by atoms with Crippen LogP contribution in [0.25, 0.3) is 0 Å². The molecule has 0 amide bonds. The molecule has 2 aromatic heterocycles. The maximum absolute atomic E-state index is 12.4. The smallest absolute Gasteiger partial charge is 0.355 e. The standard InChI is InChI=1S/C15H16N2O4/c1-3-20-15(19)14-9(2)13-10(16-14)7-17(8-11(13)18)12-5-4-6-21-12/h4-6,16H,3,7-8H2,1-2H3. The third-order valence-electron chi connectivity index (χ3n) is 3.59.